The molecular weight excluding hydrogens is 246 g/mol. The Balaban J connectivity index is 1.97. The third-order valence-corrected chi connectivity index (χ3v) is 5.31. The zero-order valence-corrected chi connectivity index (χ0v) is 13.9. The van der Waals surface area contributed by atoms with Crippen molar-refractivity contribution in [1.29, 1.82) is 0 Å². The molecule has 0 radical (unpaired) electrons. The second kappa shape index (κ2) is 8.35. The summed E-state index contributed by atoms with van der Waals surface area (Å²) in [6.45, 7) is 10.8. The molecule has 1 saturated heterocycles. The molecule has 2 fully saturated rings. The first kappa shape index (κ1) is 16.3. The van der Waals surface area contributed by atoms with Crippen molar-refractivity contribution in [1.82, 2.24) is 15.1 Å². The van der Waals surface area contributed by atoms with Crippen LogP contribution in [0.15, 0.2) is 0 Å². The Morgan fingerprint density at radius 1 is 1.05 bits per heavy atom. The zero-order valence-electron chi connectivity index (χ0n) is 13.9. The lowest BCUT2D eigenvalue weighted by molar-refractivity contribution is 0.0977. The summed E-state index contributed by atoms with van der Waals surface area (Å²) < 4.78 is 0. The third-order valence-electron chi connectivity index (χ3n) is 5.31. The fourth-order valence-electron chi connectivity index (χ4n) is 4.20. The zero-order chi connectivity index (χ0) is 14.4. The average Bonchev–Trinajstić information content (AvgIpc) is 2.66. The molecule has 0 aromatic rings. The van der Waals surface area contributed by atoms with Crippen molar-refractivity contribution >= 4 is 0 Å². The van der Waals surface area contributed by atoms with Gasteiger partial charge in [0.15, 0.2) is 0 Å². The van der Waals surface area contributed by atoms with Crippen molar-refractivity contribution in [3.63, 3.8) is 0 Å². The molecule has 118 valence electrons. The first-order valence-electron chi connectivity index (χ1n) is 8.90. The maximum atomic E-state index is 3.77. The van der Waals surface area contributed by atoms with Crippen LogP contribution in [0.5, 0.6) is 0 Å². The number of hydrogen-bond donors (Lipinski definition) is 1. The Labute approximate surface area is 126 Å². The normalized spacial score (nSPS) is 34.0. The Morgan fingerprint density at radius 3 is 2.65 bits per heavy atom. The number of nitrogens with one attached hydrogen (secondary N) is 1. The van der Waals surface area contributed by atoms with Gasteiger partial charge in [-0.05, 0) is 58.3 Å². The van der Waals surface area contributed by atoms with Gasteiger partial charge >= 0.3 is 0 Å². The molecule has 0 spiro atoms. The van der Waals surface area contributed by atoms with Gasteiger partial charge in [0.25, 0.3) is 0 Å². The number of hydrogen-bond acceptors (Lipinski definition) is 3. The number of nitrogens with zero attached hydrogens (tertiary/aromatic N) is 2. The summed E-state index contributed by atoms with van der Waals surface area (Å²) >= 11 is 0. The van der Waals surface area contributed by atoms with Crippen LogP contribution in [0.1, 0.15) is 52.4 Å². The maximum Gasteiger partial charge on any atom is 0.0252 e. The number of rotatable bonds is 5. The lowest BCUT2D eigenvalue weighted by atomic mass is 9.79. The summed E-state index contributed by atoms with van der Waals surface area (Å²) in [6, 6.07) is 1.52. The van der Waals surface area contributed by atoms with E-state index in [4.69, 9.17) is 0 Å². The van der Waals surface area contributed by atoms with Gasteiger partial charge in [0, 0.05) is 25.2 Å². The van der Waals surface area contributed by atoms with Gasteiger partial charge in [-0.2, -0.15) is 0 Å². The summed E-state index contributed by atoms with van der Waals surface area (Å²) in [7, 11) is 2.27. The predicted octanol–water partition coefficient (Wildman–Crippen LogP) is 2.57. The summed E-state index contributed by atoms with van der Waals surface area (Å²) in [4.78, 5) is 5.30. The molecule has 0 aromatic carbocycles. The van der Waals surface area contributed by atoms with Crippen LogP contribution in [0.2, 0.25) is 0 Å². The molecule has 0 aromatic heterocycles. The molecule has 3 unspecified atom stereocenters. The molecule has 20 heavy (non-hydrogen) atoms. The van der Waals surface area contributed by atoms with Gasteiger partial charge in [0.2, 0.25) is 0 Å². The van der Waals surface area contributed by atoms with Crippen LogP contribution in [0.4, 0.5) is 0 Å². The molecule has 1 aliphatic heterocycles. The van der Waals surface area contributed by atoms with E-state index in [9.17, 15) is 0 Å². The monoisotopic (exact) mass is 281 g/mol. The van der Waals surface area contributed by atoms with Gasteiger partial charge in [0.05, 0.1) is 0 Å². The van der Waals surface area contributed by atoms with E-state index >= 15 is 0 Å². The highest BCUT2D eigenvalue weighted by atomic mass is 15.2. The fourth-order valence-corrected chi connectivity index (χ4v) is 4.20. The molecule has 3 heteroatoms. The second-order valence-corrected chi connectivity index (χ2v) is 6.89. The van der Waals surface area contributed by atoms with E-state index in [2.05, 4.69) is 36.0 Å². The van der Waals surface area contributed by atoms with Crippen molar-refractivity contribution in [2.75, 3.05) is 39.8 Å². The van der Waals surface area contributed by atoms with E-state index < -0.39 is 0 Å². The van der Waals surface area contributed by atoms with Crippen LogP contribution >= 0.6 is 0 Å². The second-order valence-electron chi connectivity index (χ2n) is 6.89. The lowest BCUT2D eigenvalue weighted by Gasteiger charge is -2.43. The van der Waals surface area contributed by atoms with E-state index in [1.54, 1.807) is 0 Å². The molecule has 0 amide bonds. The third kappa shape index (κ3) is 4.44. The van der Waals surface area contributed by atoms with E-state index in [1.807, 2.05) is 0 Å². The van der Waals surface area contributed by atoms with Gasteiger partial charge in [-0.15, -0.1) is 0 Å². The van der Waals surface area contributed by atoms with E-state index in [0.717, 1.165) is 24.5 Å². The topological polar surface area (TPSA) is 18.5 Å². The van der Waals surface area contributed by atoms with E-state index in [0.29, 0.717) is 0 Å². The summed E-state index contributed by atoms with van der Waals surface area (Å²) in [5.41, 5.74) is 0. The van der Waals surface area contributed by atoms with Gasteiger partial charge in [-0.3, -0.25) is 4.90 Å². The Morgan fingerprint density at radius 2 is 1.90 bits per heavy atom. The van der Waals surface area contributed by atoms with Gasteiger partial charge < -0.3 is 10.2 Å². The van der Waals surface area contributed by atoms with Crippen LogP contribution in [-0.4, -0.2) is 61.7 Å². The molecule has 2 rings (SSSR count). The van der Waals surface area contributed by atoms with Crippen LogP contribution in [0, 0.1) is 5.92 Å². The Bertz CT molecular complexity index is 269. The standard InChI is InChI=1S/C17H35N3/c1-4-7-15-8-9-16(18-5-2)17(14-15)20-11-6-10-19(3)12-13-20/h15-18H,4-14H2,1-3H3. The van der Waals surface area contributed by atoms with Crippen molar-refractivity contribution in [3.05, 3.63) is 0 Å². The van der Waals surface area contributed by atoms with E-state index in [-0.39, 0.29) is 0 Å². The number of likely N-dealkylation sites (N-methyl/N-ethyl adjacent to an activating group) is 2. The largest absolute Gasteiger partial charge is 0.313 e. The summed E-state index contributed by atoms with van der Waals surface area (Å²) in [5, 5.41) is 3.77. The van der Waals surface area contributed by atoms with Crippen molar-refractivity contribution < 1.29 is 0 Å². The lowest BCUT2D eigenvalue weighted by Crippen LogP contribution is -2.54. The quantitative estimate of drug-likeness (QED) is 0.835. The van der Waals surface area contributed by atoms with E-state index in [1.165, 1.54) is 64.7 Å². The van der Waals surface area contributed by atoms with Crippen molar-refractivity contribution in [2.24, 2.45) is 5.92 Å². The average molecular weight is 281 g/mol. The Hall–Kier alpha value is -0.120. The minimum absolute atomic E-state index is 0.733. The molecule has 3 nitrogen and oxygen atoms in total. The minimum Gasteiger partial charge on any atom is -0.313 e. The predicted molar refractivity (Wildman–Crippen MR) is 87.2 cm³/mol. The first-order valence-corrected chi connectivity index (χ1v) is 8.90. The maximum absolute atomic E-state index is 3.77. The van der Waals surface area contributed by atoms with Gasteiger partial charge in [-0.1, -0.05) is 26.7 Å². The fraction of sp³-hybridized carbons (Fsp3) is 1.00. The first-order chi connectivity index (χ1) is 9.74. The minimum atomic E-state index is 0.733. The summed E-state index contributed by atoms with van der Waals surface area (Å²) in [6.07, 6.45) is 8.37. The molecule has 0 bridgehead atoms. The molecule has 1 heterocycles. The SMILES string of the molecule is CCCC1CCC(NCC)C(N2CCCN(C)CC2)C1. The van der Waals surface area contributed by atoms with Crippen LogP contribution < -0.4 is 5.32 Å². The Kier molecular flexibility index (Phi) is 6.79. The van der Waals surface area contributed by atoms with Gasteiger partial charge in [-0.25, -0.2) is 0 Å². The molecule has 1 N–H and O–H groups in total. The van der Waals surface area contributed by atoms with Crippen molar-refractivity contribution in [3.8, 4) is 0 Å². The highest BCUT2D eigenvalue weighted by molar-refractivity contribution is 4.92. The van der Waals surface area contributed by atoms with Crippen LogP contribution in [0.25, 0.3) is 0 Å². The smallest absolute Gasteiger partial charge is 0.0252 e. The molecular formula is C17H35N3. The van der Waals surface area contributed by atoms with Crippen LogP contribution in [0.3, 0.4) is 0 Å². The molecule has 3 atom stereocenters. The highest BCUT2D eigenvalue weighted by Crippen LogP contribution is 2.31. The molecule has 1 saturated carbocycles. The van der Waals surface area contributed by atoms with Gasteiger partial charge in [0.1, 0.15) is 0 Å². The van der Waals surface area contributed by atoms with Crippen molar-refractivity contribution in [2.45, 2.75) is 64.5 Å². The molecule has 1 aliphatic carbocycles. The molecule has 2 aliphatic rings. The van der Waals surface area contributed by atoms with Crippen LogP contribution in [-0.2, 0) is 0 Å². The highest BCUT2D eigenvalue weighted by Gasteiger charge is 2.33. The summed E-state index contributed by atoms with van der Waals surface area (Å²) in [5.74, 6) is 0.973.